The van der Waals surface area contributed by atoms with Gasteiger partial charge in [-0.1, -0.05) is 47.6 Å². The van der Waals surface area contributed by atoms with Crippen LogP contribution >= 0.6 is 0 Å². The zero-order valence-electron chi connectivity index (χ0n) is 16.2. The van der Waals surface area contributed by atoms with Gasteiger partial charge in [-0.15, -0.1) is 0 Å². The molecule has 150 valence electrons. The highest BCUT2D eigenvalue weighted by atomic mass is 19.1. The molecule has 0 bridgehead atoms. The van der Waals surface area contributed by atoms with Crippen LogP contribution in [0.3, 0.4) is 0 Å². The SMILES string of the molecule is Cc1cc(NC(=O)[C@H](C)NC(=O)C(Cc2ccccc2)c2ccc(F)cc2)no1. The van der Waals surface area contributed by atoms with Crippen LogP contribution in [-0.4, -0.2) is 23.0 Å². The Hall–Kier alpha value is -3.48. The molecule has 29 heavy (non-hydrogen) atoms. The first kappa shape index (κ1) is 20.3. The number of aryl methyl sites for hydroxylation is 1. The molecule has 1 aromatic heterocycles. The molecule has 0 spiro atoms. The molecule has 2 atom stereocenters. The molecular formula is C22H22FN3O3. The predicted molar refractivity (Wildman–Crippen MR) is 107 cm³/mol. The van der Waals surface area contributed by atoms with Crippen molar-refractivity contribution < 1.29 is 18.5 Å². The summed E-state index contributed by atoms with van der Waals surface area (Å²) in [5.41, 5.74) is 1.64. The van der Waals surface area contributed by atoms with Crippen LogP contribution in [0.2, 0.25) is 0 Å². The minimum Gasteiger partial charge on any atom is -0.360 e. The third-order valence-electron chi connectivity index (χ3n) is 4.50. The van der Waals surface area contributed by atoms with E-state index in [0.29, 0.717) is 17.7 Å². The molecule has 2 aromatic carbocycles. The van der Waals surface area contributed by atoms with E-state index in [-0.39, 0.29) is 17.5 Å². The lowest BCUT2D eigenvalue weighted by atomic mass is 9.91. The maximum atomic E-state index is 13.3. The maximum Gasteiger partial charge on any atom is 0.247 e. The molecule has 0 aliphatic rings. The van der Waals surface area contributed by atoms with Gasteiger partial charge in [0.15, 0.2) is 5.82 Å². The number of halogens is 1. The largest absolute Gasteiger partial charge is 0.360 e. The van der Waals surface area contributed by atoms with Crippen LogP contribution in [-0.2, 0) is 16.0 Å². The molecule has 0 saturated heterocycles. The van der Waals surface area contributed by atoms with Gasteiger partial charge in [-0.05, 0) is 43.5 Å². The van der Waals surface area contributed by atoms with Gasteiger partial charge in [0, 0.05) is 6.07 Å². The molecule has 0 fully saturated rings. The van der Waals surface area contributed by atoms with E-state index in [1.807, 2.05) is 30.3 Å². The van der Waals surface area contributed by atoms with Gasteiger partial charge in [0.1, 0.15) is 17.6 Å². The summed E-state index contributed by atoms with van der Waals surface area (Å²) in [4.78, 5) is 25.3. The molecule has 1 unspecified atom stereocenters. The minimum atomic E-state index is -0.793. The number of aromatic nitrogens is 1. The molecule has 6 nitrogen and oxygen atoms in total. The molecular weight excluding hydrogens is 373 g/mol. The first-order valence-corrected chi connectivity index (χ1v) is 9.26. The number of carbonyl (C=O) groups excluding carboxylic acids is 2. The maximum absolute atomic E-state index is 13.3. The van der Waals surface area contributed by atoms with Gasteiger partial charge in [-0.25, -0.2) is 4.39 Å². The molecule has 1 heterocycles. The number of rotatable bonds is 7. The molecule has 3 aromatic rings. The molecule has 2 N–H and O–H groups in total. The average molecular weight is 395 g/mol. The van der Waals surface area contributed by atoms with E-state index in [1.54, 1.807) is 32.0 Å². The Morgan fingerprint density at radius 1 is 1.07 bits per heavy atom. The van der Waals surface area contributed by atoms with Crippen molar-refractivity contribution in [3.05, 3.63) is 83.4 Å². The van der Waals surface area contributed by atoms with E-state index >= 15 is 0 Å². The van der Waals surface area contributed by atoms with Crippen molar-refractivity contribution in [3.63, 3.8) is 0 Å². The van der Waals surface area contributed by atoms with Gasteiger partial charge in [-0.3, -0.25) is 9.59 Å². The number of anilines is 1. The fourth-order valence-electron chi connectivity index (χ4n) is 2.95. The lowest BCUT2D eigenvalue weighted by molar-refractivity contribution is -0.127. The highest BCUT2D eigenvalue weighted by Gasteiger charge is 2.25. The lowest BCUT2D eigenvalue weighted by Gasteiger charge is -2.20. The predicted octanol–water partition coefficient (Wildman–Crippen LogP) is 3.59. The highest BCUT2D eigenvalue weighted by molar-refractivity contribution is 5.97. The summed E-state index contributed by atoms with van der Waals surface area (Å²) in [6.07, 6.45) is 0.426. The Morgan fingerprint density at radius 3 is 2.38 bits per heavy atom. The third kappa shape index (κ3) is 5.51. The van der Waals surface area contributed by atoms with Gasteiger partial charge in [-0.2, -0.15) is 0 Å². The second kappa shape index (κ2) is 9.14. The zero-order chi connectivity index (χ0) is 20.8. The van der Waals surface area contributed by atoms with E-state index in [1.165, 1.54) is 12.1 Å². The first-order valence-electron chi connectivity index (χ1n) is 9.26. The average Bonchev–Trinajstić information content (AvgIpc) is 3.12. The summed E-state index contributed by atoms with van der Waals surface area (Å²) in [6.45, 7) is 3.30. The number of carbonyl (C=O) groups is 2. The van der Waals surface area contributed by atoms with Crippen molar-refractivity contribution in [2.75, 3.05) is 5.32 Å². The summed E-state index contributed by atoms with van der Waals surface area (Å²) < 4.78 is 18.3. The Kier molecular flexibility index (Phi) is 6.39. The van der Waals surface area contributed by atoms with Gasteiger partial charge < -0.3 is 15.2 Å². The summed E-state index contributed by atoms with van der Waals surface area (Å²) >= 11 is 0. The van der Waals surface area contributed by atoms with Gasteiger partial charge >= 0.3 is 0 Å². The van der Waals surface area contributed by atoms with Crippen LogP contribution in [0.15, 0.2) is 65.2 Å². The Balaban J connectivity index is 1.73. The normalized spacial score (nSPS) is 12.8. The number of nitrogens with one attached hydrogen (secondary N) is 2. The molecule has 0 aliphatic carbocycles. The monoisotopic (exact) mass is 395 g/mol. The van der Waals surface area contributed by atoms with E-state index < -0.39 is 17.9 Å². The van der Waals surface area contributed by atoms with Crippen molar-refractivity contribution in [3.8, 4) is 0 Å². The van der Waals surface area contributed by atoms with Crippen LogP contribution in [0.5, 0.6) is 0 Å². The Labute approximate surface area is 168 Å². The number of benzene rings is 2. The fourth-order valence-corrected chi connectivity index (χ4v) is 2.95. The fraction of sp³-hybridized carbons (Fsp3) is 0.227. The number of nitrogens with zero attached hydrogens (tertiary/aromatic N) is 1. The molecule has 7 heteroatoms. The van der Waals surface area contributed by atoms with Crippen LogP contribution in [0.4, 0.5) is 10.2 Å². The van der Waals surface area contributed by atoms with Crippen molar-refractivity contribution in [2.45, 2.75) is 32.2 Å². The summed E-state index contributed by atoms with van der Waals surface area (Å²) in [7, 11) is 0. The van der Waals surface area contributed by atoms with E-state index in [9.17, 15) is 14.0 Å². The molecule has 3 rings (SSSR count). The van der Waals surface area contributed by atoms with Crippen molar-refractivity contribution in [1.82, 2.24) is 10.5 Å². The van der Waals surface area contributed by atoms with Crippen LogP contribution in [0.1, 0.15) is 29.7 Å². The minimum absolute atomic E-state index is 0.285. The van der Waals surface area contributed by atoms with Gasteiger partial charge in [0.2, 0.25) is 11.8 Å². The van der Waals surface area contributed by atoms with Gasteiger partial charge in [0.25, 0.3) is 0 Å². The summed E-state index contributed by atoms with van der Waals surface area (Å²) in [6, 6.07) is 16.1. The van der Waals surface area contributed by atoms with Crippen LogP contribution < -0.4 is 10.6 Å². The summed E-state index contributed by atoms with van der Waals surface area (Å²) in [5.74, 6) is -0.821. The quantitative estimate of drug-likeness (QED) is 0.640. The van der Waals surface area contributed by atoms with Crippen molar-refractivity contribution in [2.24, 2.45) is 0 Å². The molecule has 0 saturated carbocycles. The number of hydrogen-bond acceptors (Lipinski definition) is 4. The number of hydrogen-bond donors (Lipinski definition) is 2. The second-order valence-electron chi connectivity index (χ2n) is 6.84. The van der Waals surface area contributed by atoms with Crippen molar-refractivity contribution >= 4 is 17.6 Å². The van der Waals surface area contributed by atoms with Crippen molar-refractivity contribution in [1.29, 1.82) is 0 Å². The third-order valence-corrected chi connectivity index (χ3v) is 4.50. The number of amides is 2. The topological polar surface area (TPSA) is 84.2 Å². The van der Waals surface area contributed by atoms with E-state index in [2.05, 4.69) is 15.8 Å². The zero-order valence-corrected chi connectivity index (χ0v) is 16.2. The smallest absolute Gasteiger partial charge is 0.247 e. The molecule has 0 radical (unpaired) electrons. The lowest BCUT2D eigenvalue weighted by Crippen LogP contribution is -2.44. The van der Waals surface area contributed by atoms with Gasteiger partial charge in [0.05, 0.1) is 5.92 Å². The molecule has 2 amide bonds. The van der Waals surface area contributed by atoms with E-state index in [0.717, 1.165) is 5.56 Å². The Morgan fingerprint density at radius 2 is 1.76 bits per heavy atom. The first-order chi connectivity index (χ1) is 13.9. The molecule has 0 aliphatic heterocycles. The summed E-state index contributed by atoms with van der Waals surface area (Å²) in [5, 5.41) is 9.04. The second-order valence-corrected chi connectivity index (χ2v) is 6.84. The Bertz CT molecular complexity index is 970. The van der Waals surface area contributed by atoms with Crippen LogP contribution in [0.25, 0.3) is 0 Å². The van der Waals surface area contributed by atoms with Crippen LogP contribution in [0, 0.1) is 12.7 Å². The van der Waals surface area contributed by atoms with E-state index in [4.69, 9.17) is 4.52 Å². The highest BCUT2D eigenvalue weighted by Crippen LogP contribution is 2.22. The standard InChI is InChI=1S/C22H22FN3O3/c1-14-12-20(26-29-14)25-21(27)15(2)24-22(28)19(13-16-6-4-3-5-7-16)17-8-10-18(23)11-9-17/h3-12,15,19H,13H2,1-2H3,(H,24,28)(H,25,26,27)/t15-,19?/m0/s1.